The molecular formula is C22H25NO5. The van der Waals surface area contributed by atoms with Crippen LogP contribution in [0.15, 0.2) is 42.5 Å². The second-order valence-corrected chi connectivity index (χ2v) is 6.49. The first-order chi connectivity index (χ1) is 13.3. The third-order valence-corrected chi connectivity index (χ3v) is 4.16. The summed E-state index contributed by atoms with van der Waals surface area (Å²) in [4.78, 5) is 36.7. The van der Waals surface area contributed by atoms with E-state index in [2.05, 4.69) is 5.32 Å². The third-order valence-electron chi connectivity index (χ3n) is 4.16. The molecular weight excluding hydrogens is 358 g/mol. The van der Waals surface area contributed by atoms with Gasteiger partial charge in [-0.2, -0.15) is 0 Å². The zero-order chi connectivity index (χ0) is 20.7. The fraction of sp³-hybridized carbons (Fsp3) is 0.318. The maximum Gasteiger partial charge on any atom is 0.342 e. The van der Waals surface area contributed by atoms with Crippen LogP contribution in [0.4, 0.5) is 5.69 Å². The topological polar surface area (TPSA) is 81.7 Å². The number of benzene rings is 2. The van der Waals surface area contributed by atoms with Crippen molar-refractivity contribution in [2.75, 3.05) is 12.4 Å². The molecule has 0 unspecified atom stereocenters. The first-order valence-electron chi connectivity index (χ1n) is 9.15. The van der Waals surface area contributed by atoms with E-state index in [1.54, 1.807) is 36.4 Å². The third kappa shape index (κ3) is 5.42. The van der Waals surface area contributed by atoms with Crippen molar-refractivity contribution in [1.29, 1.82) is 0 Å². The van der Waals surface area contributed by atoms with Crippen LogP contribution in [0.5, 0.6) is 5.75 Å². The van der Waals surface area contributed by atoms with Gasteiger partial charge in [0.05, 0.1) is 7.11 Å². The second-order valence-electron chi connectivity index (χ2n) is 6.49. The number of Topliss-reactive ketones (excluding diaryl/α,β-unsaturated/α-hetero) is 1. The Hall–Kier alpha value is -3.15. The number of carbonyl (C=O) groups excluding carboxylic acids is 3. The van der Waals surface area contributed by atoms with E-state index >= 15 is 0 Å². The number of esters is 1. The molecule has 2 aromatic rings. The molecule has 0 fully saturated rings. The Labute approximate surface area is 164 Å². The molecule has 0 saturated heterocycles. The fourth-order valence-electron chi connectivity index (χ4n) is 2.66. The van der Waals surface area contributed by atoms with Crippen LogP contribution in [-0.4, -0.2) is 30.9 Å². The van der Waals surface area contributed by atoms with Crippen LogP contribution in [0.25, 0.3) is 0 Å². The van der Waals surface area contributed by atoms with Crippen LogP contribution < -0.4 is 10.1 Å². The zero-order valence-electron chi connectivity index (χ0n) is 16.6. The summed E-state index contributed by atoms with van der Waals surface area (Å²) in [6, 6.07) is 11.7. The highest BCUT2D eigenvalue weighted by Gasteiger charge is 2.22. The number of hydrogen-bond donors (Lipinski definition) is 1. The Balaban J connectivity index is 2.05. The predicted octanol–water partition coefficient (Wildman–Crippen LogP) is 4.17. The number of ether oxygens (including phenoxy) is 2. The molecule has 28 heavy (non-hydrogen) atoms. The van der Waals surface area contributed by atoms with Gasteiger partial charge in [0.2, 0.25) is 11.7 Å². The van der Waals surface area contributed by atoms with E-state index in [4.69, 9.17) is 9.47 Å². The Morgan fingerprint density at radius 2 is 1.75 bits per heavy atom. The van der Waals surface area contributed by atoms with Crippen molar-refractivity contribution in [2.24, 2.45) is 0 Å². The number of amides is 1. The van der Waals surface area contributed by atoms with Crippen LogP contribution in [0, 0.1) is 6.92 Å². The average Bonchev–Trinajstić information content (AvgIpc) is 2.68. The van der Waals surface area contributed by atoms with E-state index in [1.165, 1.54) is 14.0 Å². The van der Waals surface area contributed by atoms with Gasteiger partial charge in [-0.15, -0.1) is 0 Å². The predicted molar refractivity (Wildman–Crippen MR) is 107 cm³/mol. The second kappa shape index (κ2) is 9.69. The van der Waals surface area contributed by atoms with Crippen molar-refractivity contribution in [2.45, 2.75) is 39.7 Å². The smallest absolute Gasteiger partial charge is 0.342 e. The van der Waals surface area contributed by atoms with Crippen molar-refractivity contribution in [1.82, 2.24) is 0 Å². The number of nitrogens with one attached hydrogen (secondary N) is 1. The molecule has 6 nitrogen and oxygen atoms in total. The number of methoxy groups -OCH3 is 1. The molecule has 1 N–H and O–H groups in total. The van der Waals surface area contributed by atoms with Crippen molar-refractivity contribution in [3.05, 3.63) is 59.2 Å². The standard InChI is InChI=1S/C22H25NO5/c1-5-6-20(24)23-17-10-8-16(9-11-17)21(25)15(3)28-22(26)18-13-14(2)7-12-19(18)27-4/h7-13,15H,5-6H2,1-4H3,(H,23,24)/t15-/m1/s1. The number of aryl methyl sites for hydroxylation is 1. The van der Waals surface area contributed by atoms with Gasteiger partial charge in [-0.1, -0.05) is 18.6 Å². The largest absolute Gasteiger partial charge is 0.496 e. The average molecular weight is 383 g/mol. The Morgan fingerprint density at radius 3 is 2.36 bits per heavy atom. The molecule has 2 aromatic carbocycles. The van der Waals surface area contributed by atoms with E-state index in [9.17, 15) is 14.4 Å². The molecule has 148 valence electrons. The summed E-state index contributed by atoms with van der Waals surface area (Å²) in [5.41, 5.74) is 2.16. The van der Waals surface area contributed by atoms with E-state index in [0.29, 0.717) is 23.4 Å². The molecule has 0 radical (unpaired) electrons. The lowest BCUT2D eigenvalue weighted by atomic mass is 10.1. The normalized spacial score (nSPS) is 11.4. The highest BCUT2D eigenvalue weighted by atomic mass is 16.5. The first-order valence-corrected chi connectivity index (χ1v) is 9.15. The van der Waals surface area contributed by atoms with Crippen molar-refractivity contribution < 1.29 is 23.9 Å². The summed E-state index contributed by atoms with van der Waals surface area (Å²) >= 11 is 0. The summed E-state index contributed by atoms with van der Waals surface area (Å²) in [5, 5.41) is 2.76. The van der Waals surface area contributed by atoms with E-state index in [-0.39, 0.29) is 17.3 Å². The van der Waals surface area contributed by atoms with Crippen LogP contribution in [0.3, 0.4) is 0 Å². The minimum atomic E-state index is -0.960. The summed E-state index contributed by atoms with van der Waals surface area (Å²) in [7, 11) is 1.47. The number of hydrogen-bond acceptors (Lipinski definition) is 5. The number of rotatable bonds is 8. The van der Waals surface area contributed by atoms with E-state index in [1.807, 2.05) is 19.9 Å². The molecule has 0 heterocycles. The number of carbonyl (C=O) groups is 3. The van der Waals surface area contributed by atoms with Crippen LogP contribution in [0.1, 0.15) is 53.0 Å². The van der Waals surface area contributed by atoms with Crippen molar-refractivity contribution in [3.8, 4) is 5.75 Å². The molecule has 0 aliphatic heterocycles. The lowest BCUT2D eigenvalue weighted by molar-refractivity contribution is -0.116. The van der Waals surface area contributed by atoms with Gasteiger partial charge in [-0.3, -0.25) is 9.59 Å². The highest BCUT2D eigenvalue weighted by Crippen LogP contribution is 2.22. The summed E-state index contributed by atoms with van der Waals surface area (Å²) in [5.74, 6) is -0.630. The molecule has 6 heteroatoms. The van der Waals surface area contributed by atoms with E-state index in [0.717, 1.165) is 12.0 Å². The van der Waals surface area contributed by atoms with Crippen LogP contribution in [-0.2, 0) is 9.53 Å². The summed E-state index contributed by atoms with van der Waals surface area (Å²) < 4.78 is 10.5. The van der Waals surface area contributed by atoms with Gasteiger partial charge in [-0.05, 0) is 56.7 Å². The van der Waals surface area contributed by atoms with Gasteiger partial charge in [0.25, 0.3) is 0 Å². The van der Waals surface area contributed by atoms with Crippen molar-refractivity contribution in [3.63, 3.8) is 0 Å². The minimum Gasteiger partial charge on any atom is -0.496 e. The summed E-state index contributed by atoms with van der Waals surface area (Å²) in [6.45, 7) is 5.31. The Morgan fingerprint density at radius 1 is 1.07 bits per heavy atom. The van der Waals surface area contributed by atoms with Gasteiger partial charge < -0.3 is 14.8 Å². The van der Waals surface area contributed by atoms with Crippen LogP contribution >= 0.6 is 0 Å². The number of ketones is 1. The number of anilines is 1. The monoisotopic (exact) mass is 383 g/mol. The quantitative estimate of drug-likeness (QED) is 0.546. The SMILES string of the molecule is CCCC(=O)Nc1ccc(C(=O)[C@@H](C)OC(=O)c2cc(C)ccc2OC)cc1. The van der Waals surface area contributed by atoms with Crippen molar-refractivity contribution >= 4 is 23.3 Å². The lowest BCUT2D eigenvalue weighted by Crippen LogP contribution is -2.24. The Bertz CT molecular complexity index is 858. The van der Waals surface area contributed by atoms with Gasteiger partial charge in [0, 0.05) is 17.7 Å². The van der Waals surface area contributed by atoms with E-state index < -0.39 is 12.1 Å². The maximum atomic E-state index is 12.6. The zero-order valence-corrected chi connectivity index (χ0v) is 16.6. The molecule has 0 aliphatic rings. The first kappa shape index (κ1) is 21.2. The van der Waals surface area contributed by atoms with Gasteiger partial charge in [0.1, 0.15) is 11.3 Å². The van der Waals surface area contributed by atoms with Crippen LogP contribution in [0.2, 0.25) is 0 Å². The van der Waals surface area contributed by atoms with Gasteiger partial charge in [-0.25, -0.2) is 4.79 Å². The molecule has 1 atom stereocenters. The highest BCUT2D eigenvalue weighted by molar-refractivity contribution is 6.02. The lowest BCUT2D eigenvalue weighted by Gasteiger charge is -2.14. The molecule has 0 saturated carbocycles. The molecule has 2 rings (SSSR count). The fourth-order valence-corrected chi connectivity index (χ4v) is 2.66. The Kier molecular flexibility index (Phi) is 7.32. The molecule has 1 amide bonds. The maximum absolute atomic E-state index is 12.6. The van der Waals surface area contributed by atoms with Gasteiger partial charge >= 0.3 is 5.97 Å². The molecule has 0 aromatic heterocycles. The molecule has 0 spiro atoms. The molecule has 0 bridgehead atoms. The van der Waals surface area contributed by atoms with Gasteiger partial charge in [0.15, 0.2) is 6.10 Å². The molecule has 0 aliphatic carbocycles. The minimum absolute atomic E-state index is 0.0732. The summed E-state index contributed by atoms with van der Waals surface area (Å²) in [6.07, 6.45) is 0.242.